The van der Waals surface area contributed by atoms with Crippen LogP contribution in [-0.4, -0.2) is 12.6 Å². The van der Waals surface area contributed by atoms with Crippen LogP contribution in [0.4, 0.5) is 0 Å². The molecule has 1 fully saturated rings. The molecule has 0 aromatic rings. The second-order valence-corrected chi connectivity index (χ2v) is 2.03. The Hall–Kier alpha value is -0.120. The number of rotatable bonds is 3. The normalized spacial score (nSPS) is 23.2. The molecule has 0 bridgehead atoms. The molecule has 3 nitrogen and oxygen atoms in total. The SMILES string of the molecule is CCO[NH+]([O-])C1CC1. The van der Waals surface area contributed by atoms with Crippen molar-refractivity contribution in [2.45, 2.75) is 25.8 Å². The number of quaternary nitrogens is 1. The molecule has 1 rings (SSSR count). The molecule has 1 N–H and O–H groups in total. The van der Waals surface area contributed by atoms with E-state index in [0.717, 1.165) is 12.8 Å². The Labute approximate surface area is 48.8 Å². The molecular formula is C5H11NO2. The lowest BCUT2D eigenvalue weighted by molar-refractivity contribution is -1.06. The van der Waals surface area contributed by atoms with Crippen molar-refractivity contribution < 1.29 is 10.1 Å². The maximum absolute atomic E-state index is 10.6. The molecule has 0 heterocycles. The zero-order chi connectivity index (χ0) is 5.98. The third-order valence-corrected chi connectivity index (χ3v) is 1.20. The molecule has 8 heavy (non-hydrogen) atoms. The molecule has 0 aromatic heterocycles. The van der Waals surface area contributed by atoms with Crippen molar-refractivity contribution in [1.82, 2.24) is 0 Å². The standard InChI is InChI=1S/C5H11NO2/c1-2-8-6(7)5-3-4-5/h5-6H,2-4H2,1H3. The minimum absolute atomic E-state index is 0.00694. The van der Waals surface area contributed by atoms with Gasteiger partial charge in [0.2, 0.25) is 0 Å². The minimum Gasteiger partial charge on any atom is -0.600 e. The molecule has 0 spiro atoms. The molecule has 1 saturated carbocycles. The summed E-state index contributed by atoms with van der Waals surface area (Å²) in [6.45, 7) is 2.36. The highest BCUT2D eigenvalue weighted by atomic mass is 16.9. The maximum Gasteiger partial charge on any atom is 0.117 e. The summed E-state index contributed by atoms with van der Waals surface area (Å²) in [7, 11) is 0. The molecule has 0 saturated heterocycles. The van der Waals surface area contributed by atoms with E-state index in [-0.39, 0.29) is 11.3 Å². The van der Waals surface area contributed by atoms with Gasteiger partial charge in [0.25, 0.3) is 0 Å². The summed E-state index contributed by atoms with van der Waals surface area (Å²) < 4.78 is 0. The molecular weight excluding hydrogens is 106 g/mol. The Morgan fingerprint density at radius 2 is 2.38 bits per heavy atom. The second-order valence-electron chi connectivity index (χ2n) is 2.03. The zero-order valence-corrected chi connectivity index (χ0v) is 5.02. The predicted octanol–water partition coefficient (Wildman–Crippen LogP) is -0.517. The topological polar surface area (TPSA) is 36.7 Å². The molecule has 0 amide bonds. The summed E-state index contributed by atoms with van der Waals surface area (Å²) in [6, 6.07) is 0.259. The summed E-state index contributed by atoms with van der Waals surface area (Å²) in [5.41, 5.74) is 0. The quantitative estimate of drug-likeness (QED) is 0.505. The third kappa shape index (κ3) is 1.43. The van der Waals surface area contributed by atoms with Gasteiger partial charge in [-0.2, -0.15) is 0 Å². The smallest absolute Gasteiger partial charge is 0.117 e. The first-order valence-electron chi connectivity index (χ1n) is 3.01. The summed E-state index contributed by atoms with van der Waals surface area (Å²) in [5, 5.41) is 10.6. The van der Waals surface area contributed by atoms with Crippen LogP contribution >= 0.6 is 0 Å². The van der Waals surface area contributed by atoms with Gasteiger partial charge in [-0.25, -0.2) is 10.1 Å². The van der Waals surface area contributed by atoms with Crippen molar-refractivity contribution in [2.24, 2.45) is 0 Å². The summed E-state index contributed by atoms with van der Waals surface area (Å²) in [5.74, 6) is 0. The highest BCUT2D eigenvalue weighted by Crippen LogP contribution is 2.14. The van der Waals surface area contributed by atoms with Gasteiger partial charge in [0, 0.05) is 12.8 Å². The van der Waals surface area contributed by atoms with Gasteiger partial charge in [-0.1, -0.05) is 0 Å². The van der Waals surface area contributed by atoms with Crippen LogP contribution in [0.2, 0.25) is 0 Å². The van der Waals surface area contributed by atoms with Gasteiger partial charge in [-0.05, 0) is 6.92 Å². The lowest BCUT2D eigenvalue weighted by Gasteiger charge is -2.17. The van der Waals surface area contributed by atoms with E-state index in [2.05, 4.69) is 0 Å². The van der Waals surface area contributed by atoms with Crippen LogP contribution in [0.3, 0.4) is 0 Å². The molecule has 0 aromatic carbocycles. The first kappa shape index (κ1) is 6.01. The van der Waals surface area contributed by atoms with Crippen LogP contribution < -0.4 is 5.23 Å². The molecule has 0 aliphatic heterocycles. The minimum atomic E-state index is -0.00694. The van der Waals surface area contributed by atoms with Gasteiger partial charge in [0.15, 0.2) is 0 Å². The lowest BCUT2D eigenvalue weighted by Crippen LogP contribution is -3.07. The maximum atomic E-state index is 10.6. The van der Waals surface area contributed by atoms with E-state index < -0.39 is 0 Å². The number of nitrogens with one attached hydrogen (secondary N) is 1. The highest BCUT2D eigenvalue weighted by molar-refractivity contribution is 4.69. The average Bonchev–Trinajstić information content (AvgIpc) is 2.45. The average molecular weight is 117 g/mol. The van der Waals surface area contributed by atoms with Crippen molar-refractivity contribution >= 4 is 0 Å². The van der Waals surface area contributed by atoms with Crippen LogP contribution in [0.5, 0.6) is 0 Å². The summed E-state index contributed by atoms with van der Waals surface area (Å²) in [6.07, 6.45) is 2.08. The Morgan fingerprint density at radius 3 is 2.75 bits per heavy atom. The van der Waals surface area contributed by atoms with Crippen molar-refractivity contribution in [2.75, 3.05) is 6.61 Å². The van der Waals surface area contributed by atoms with Crippen molar-refractivity contribution in [1.29, 1.82) is 0 Å². The van der Waals surface area contributed by atoms with E-state index in [1.54, 1.807) is 0 Å². The van der Waals surface area contributed by atoms with Crippen LogP contribution in [0.1, 0.15) is 19.8 Å². The monoisotopic (exact) mass is 117 g/mol. The van der Waals surface area contributed by atoms with E-state index in [9.17, 15) is 5.21 Å². The van der Waals surface area contributed by atoms with Crippen LogP contribution in [-0.2, 0) is 4.84 Å². The molecule has 1 unspecified atom stereocenters. The van der Waals surface area contributed by atoms with Crippen LogP contribution in [0.15, 0.2) is 0 Å². The van der Waals surface area contributed by atoms with Crippen molar-refractivity contribution in [3.8, 4) is 0 Å². The Balaban J connectivity index is 2.03. The van der Waals surface area contributed by atoms with Crippen LogP contribution in [0, 0.1) is 5.21 Å². The molecule has 0 radical (unpaired) electrons. The van der Waals surface area contributed by atoms with E-state index in [1.807, 2.05) is 6.92 Å². The molecule has 3 heteroatoms. The molecule has 48 valence electrons. The van der Waals surface area contributed by atoms with Crippen LogP contribution in [0.25, 0.3) is 0 Å². The van der Waals surface area contributed by atoms with Crippen molar-refractivity contribution in [3.05, 3.63) is 5.21 Å². The number of hydroxylamine groups is 2. The summed E-state index contributed by atoms with van der Waals surface area (Å²) >= 11 is 0. The van der Waals surface area contributed by atoms with Crippen molar-refractivity contribution in [3.63, 3.8) is 0 Å². The second kappa shape index (κ2) is 2.44. The van der Waals surface area contributed by atoms with E-state index in [4.69, 9.17) is 4.84 Å². The first-order chi connectivity index (χ1) is 3.84. The zero-order valence-electron chi connectivity index (χ0n) is 5.02. The van der Waals surface area contributed by atoms with Gasteiger partial charge < -0.3 is 5.21 Å². The number of hydrogen-bond acceptors (Lipinski definition) is 2. The van der Waals surface area contributed by atoms with E-state index in [1.165, 1.54) is 0 Å². The first-order valence-corrected chi connectivity index (χ1v) is 3.01. The van der Waals surface area contributed by atoms with Gasteiger partial charge in [-0.15, -0.1) is 0 Å². The van der Waals surface area contributed by atoms with E-state index in [0.29, 0.717) is 6.61 Å². The predicted molar refractivity (Wildman–Crippen MR) is 29.0 cm³/mol. The lowest BCUT2D eigenvalue weighted by atomic mass is 10.8. The highest BCUT2D eigenvalue weighted by Gasteiger charge is 2.29. The van der Waals surface area contributed by atoms with E-state index >= 15 is 0 Å². The molecule has 1 aliphatic carbocycles. The fourth-order valence-corrected chi connectivity index (χ4v) is 0.579. The summed E-state index contributed by atoms with van der Waals surface area (Å²) in [4.78, 5) is 4.73. The third-order valence-electron chi connectivity index (χ3n) is 1.20. The largest absolute Gasteiger partial charge is 0.600 e. The fraction of sp³-hybridized carbons (Fsp3) is 1.00. The van der Waals surface area contributed by atoms with Gasteiger partial charge in [0.1, 0.15) is 12.6 Å². The molecule has 1 atom stereocenters. The Morgan fingerprint density at radius 1 is 1.75 bits per heavy atom. The number of hydrogen-bond donors (Lipinski definition) is 1. The Bertz CT molecular complexity index is 72.8. The van der Waals surface area contributed by atoms with Gasteiger partial charge in [0.05, 0.1) is 0 Å². The fourth-order valence-electron chi connectivity index (χ4n) is 0.579. The van der Waals surface area contributed by atoms with Gasteiger partial charge in [-0.3, -0.25) is 0 Å². The molecule has 1 aliphatic rings. The van der Waals surface area contributed by atoms with Gasteiger partial charge >= 0.3 is 0 Å². The Kier molecular flexibility index (Phi) is 1.83.